The molecule has 1 aliphatic rings. The van der Waals surface area contributed by atoms with Crippen LogP contribution in [0.3, 0.4) is 0 Å². The number of nitrogens with zero attached hydrogens (tertiary/aromatic N) is 3. The third-order valence-corrected chi connectivity index (χ3v) is 6.02. The van der Waals surface area contributed by atoms with Crippen molar-refractivity contribution in [3.8, 4) is 28.4 Å². The molecule has 4 heterocycles. The Morgan fingerprint density at radius 3 is 2.85 bits per heavy atom. The van der Waals surface area contributed by atoms with Gasteiger partial charge in [0.05, 0.1) is 12.6 Å². The Balaban J connectivity index is 1.48. The Morgan fingerprint density at radius 2 is 2.00 bits per heavy atom. The van der Waals surface area contributed by atoms with Gasteiger partial charge in [-0.3, -0.25) is 5.10 Å². The second-order valence-electron chi connectivity index (χ2n) is 8.04. The zero-order valence-electron chi connectivity index (χ0n) is 17.9. The second-order valence-corrected chi connectivity index (χ2v) is 8.04. The Labute approximate surface area is 188 Å². The molecule has 0 amide bonds. The normalized spacial score (nSPS) is 14.1. The number of aromatic amines is 2. The molecule has 0 atom stereocenters. The maximum absolute atomic E-state index is 14.1. The highest BCUT2D eigenvalue weighted by Crippen LogP contribution is 2.33. The number of halogens is 1. The van der Waals surface area contributed by atoms with Gasteiger partial charge in [0.1, 0.15) is 22.8 Å². The highest BCUT2D eigenvalue weighted by molar-refractivity contribution is 5.97. The molecule has 6 rings (SSSR count). The lowest BCUT2D eigenvalue weighted by atomic mass is 9.98. The van der Waals surface area contributed by atoms with E-state index in [1.54, 1.807) is 12.3 Å². The molecule has 3 aromatic heterocycles. The number of hydrogen-bond acceptors (Lipinski definition) is 5. The maximum atomic E-state index is 14.1. The first kappa shape index (κ1) is 19.6. The van der Waals surface area contributed by atoms with E-state index in [4.69, 9.17) is 9.72 Å². The minimum atomic E-state index is -0.372. The number of pyridine rings is 1. The third kappa shape index (κ3) is 3.44. The molecule has 5 aromatic rings. The fraction of sp³-hybridized carbons (Fsp3) is 0.160. The number of methoxy groups -OCH3 is 1. The van der Waals surface area contributed by atoms with Crippen molar-refractivity contribution in [3.05, 3.63) is 66.1 Å². The average molecular weight is 440 g/mol. The van der Waals surface area contributed by atoms with Crippen molar-refractivity contribution in [1.29, 1.82) is 0 Å². The van der Waals surface area contributed by atoms with Gasteiger partial charge >= 0.3 is 0 Å². The molecular weight excluding hydrogens is 419 g/mol. The van der Waals surface area contributed by atoms with Gasteiger partial charge in [-0.1, -0.05) is 12.1 Å². The summed E-state index contributed by atoms with van der Waals surface area (Å²) in [6, 6.07) is 12.8. The Morgan fingerprint density at radius 1 is 1.06 bits per heavy atom. The number of fused-ring (bicyclic) bond motifs is 2. The predicted molar refractivity (Wildman–Crippen MR) is 126 cm³/mol. The van der Waals surface area contributed by atoms with Crippen molar-refractivity contribution < 1.29 is 9.13 Å². The van der Waals surface area contributed by atoms with Gasteiger partial charge in [-0.2, -0.15) is 5.10 Å². The van der Waals surface area contributed by atoms with Crippen molar-refractivity contribution in [2.45, 2.75) is 6.42 Å². The van der Waals surface area contributed by atoms with E-state index in [0.717, 1.165) is 41.7 Å². The van der Waals surface area contributed by atoms with Gasteiger partial charge in [0.25, 0.3) is 0 Å². The van der Waals surface area contributed by atoms with Crippen LogP contribution >= 0.6 is 0 Å². The average Bonchev–Trinajstić information content (AvgIpc) is 3.47. The van der Waals surface area contributed by atoms with E-state index in [1.807, 2.05) is 6.07 Å². The fourth-order valence-electron chi connectivity index (χ4n) is 4.37. The molecular formula is C25H21FN6O. The largest absolute Gasteiger partial charge is 0.497 e. The van der Waals surface area contributed by atoms with Gasteiger partial charge in [-0.15, -0.1) is 0 Å². The summed E-state index contributed by atoms with van der Waals surface area (Å²) in [4.78, 5) is 12.5. The maximum Gasteiger partial charge on any atom is 0.160 e. The SMILES string of the molecule is COc1cc(F)cc(-c2ccnc3[nH]c(-c4n[nH]c5ccc(C6=CCNCC6)cc45)nc23)c1. The zero-order valence-corrected chi connectivity index (χ0v) is 17.9. The number of rotatable bonds is 4. The van der Waals surface area contributed by atoms with Crippen LogP contribution in [0.15, 0.2) is 54.7 Å². The lowest BCUT2D eigenvalue weighted by Crippen LogP contribution is -2.19. The second kappa shape index (κ2) is 7.83. The molecule has 3 N–H and O–H groups in total. The highest BCUT2D eigenvalue weighted by atomic mass is 19.1. The topological polar surface area (TPSA) is 91.5 Å². The molecule has 33 heavy (non-hydrogen) atoms. The van der Waals surface area contributed by atoms with E-state index in [1.165, 1.54) is 30.4 Å². The van der Waals surface area contributed by atoms with Crippen molar-refractivity contribution in [2.75, 3.05) is 20.2 Å². The van der Waals surface area contributed by atoms with E-state index < -0.39 is 0 Å². The molecule has 8 heteroatoms. The molecule has 0 spiro atoms. The van der Waals surface area contributed by atoms with Crippen LogP contribution in [-0.2, 0) is 0 Å². The Bertz CT molecular complexity index is 1530. The summed E-state index contributed by atoms with van der Waals surface area (Å²) < 4.78 is 19.4. The highest BCUT2D eigenvalue weighted by Gasteiger charge is 2.17. The van der Waals surface area contributed by atoms with Crippen LogP contribution in [0.4, 0.5) is 4.39 Å². The minimum absolute atomic E-state index is 0.372. The third-order valence-electron chi connectivity index (χ3n) is 6.02. The van der Waals surface area contributed by atoms with Crippen molar-refractivity contribution in [3.63, 3.8) is 0 Å². The quantitative estimate of drug-likeness (QED) is 0.377. The number of nitrogens with one attached hydrogen (secondary N) is 3. The summed E-state index contributed by atoms with van der Waals surface area (Å²) in [5.41, 5.74) is 6.87. The van der Waals surface area contributed by atoms with Gasteiger partial charge in [0.2, 0.25) is 0 Å². The van der Waals surface area contributed by atoms with Crippen molar-refractivity contribution in [1.82, 2.24) is 30.5 Å². The van der Waals surface area contributed by atoms with Crippen LogP contribution in [-0.4, -0.2) is 45.3 Å². The monoisotopic (exact) mass is 440 g/mol. The smallest absolute Gasteiger partial charge is 0.160 e. The van der Waals surface area contributed by atoms with Gasteiger partial charge in [0.15, 0.2) is 11.5 Å². The molecule has 0 saturated heterocycles. The van der Waals surface area contributed by atoms with Gasteiger partial charge < -0.3 is 15.0 Å². The zero-order chi connectivity index (χ0) is 22.4. The summed E-state index contributed by atoms with van der Waals surface area (Å²) in [6.07, 6.45) is 4.91. The summed E-state index contributed by atoms with van der Waals surface area (Å²) in [7, 11) is 1.52. The summed E-state index contributed by atoms with van der Waals surface area (Å²) >= 11 is 0. The van der Waals surface area contributed by atoms with E-state index in [-0.39, 0.29) is 5.82 Å². The number of hydrogen-bond donors (Lipinski definition) is 3. The molecule has 0 bridgehead atoms. The molecule has 0 aliphatic carbocycles. The number of H-pyrrole nitrogens is 2. The fourth-order valence-corrected chi connectivity index (χ4v) is 4.37. The molecule has 164 valence electrons. The lowest BCUT2D eigenvalue weighted by Gasteiger charge is -2.14. The van der Waals surface area contributed by atoms with E-state index in [2.05, 4.69) is 49.8 Å². The Kier molecular flexibility index (Phi) is 4.66. The number of imidazole rings is 1. The van der Waals surface area contributed by atoms with Crippen LogP contribution in [0.2, 0.25) is 0 Å². The van der Waals surface area contributed by atoms with E-state index in [0.29, 0.717) is 28.3 Å². The van der Waals surface area contributed by atoms with E-state index >= 15 is 0 Å². The molecule has 7 nitrogen and oxygen atoms in total. The first-order chi connectivity index (χ1) is 16.2. The van der Waals surface area contributed by atoms with Crippen LogP contribution in [0.1, 0.15) is 12.0 Å². The van der Waals surface area contributed by atoms with E-state index in [9.17, 15) is 4.39 Å². The molecule has 0 unspecified atom stereocenters. The predicted octanol–water partition coefficient (Wildman–Crippen LogP) is 4.69. The van der Waals surface area contributed by atoms with Gasteiger partial charge in [-0.25, -0.2) is 14.4 Å². The minimum Gasteiger partial charge on any atom is -0.497 e. The van der Waals surface area contributed by atoms with Crippen LogP contribution in [0, 0.1) is 5.82 Å². The van der Waals surface area contributed by atoms with Crippen LogP contribution in [0.25, 0.3) is 50.3 Å². The summed E-state index contributed by atoms with van der Waals surface area (Å²) in [5, 5.41) is 12.0. The molecule has 0 radical (unpaired) electrons. The van der Waals surface area contributed by atoms with Crippen LogP contribution < -0.4 is 10.1 Å². The number of aromatic nitrogens is 5. The standard InChI is InChI=1S/C25H21FN6O/c1-33-18-11-16(10-17(26)13-18)19-6-9-28-24-22(19)29-25(30-24)23-20-12-15(2-3-21(20)31-32-23)14-4-7-27-8-5-14/h2-4,6,9-13,27H,5,7-8H2,1H3,(H,31,32)(H,28,29,30). The van der Waals surface area contributed by atoms with Crippen molar-refractivity contribution >= 4 is 27.6 Å². The first-order valence-electron chi connectivity index (χ1n) is 10.8. The summed E-state index contributed by atoms with van der Waals surface area (Å²) in [5.74, 6) is 0.683. The van der Waals surface area contributed by atoms with Gasteiger partial charge in [0, 0.05) is 29.8 Å². The molecule has 1 aliphatic heterocycles. The lowest BCUT2D eigenvalue weighted by molar-refractivity contribution is 0.411. The Hall–Kier alpha value is -4.04. The first-order valence-corrected chi connectivity index (χ1v) is 10.8. The number of benzene rings is 2. The summed E-state index contributed by atoms with van der Waals surface area (Å²) in [6.45, 7) is 1.86. The molecule has 0 saturated carbocycles. The van der Waals surface area contributed by atoms with Crippen LogP contribution in [0.5, 0.6) is 5.75 Å². The molecule has 0 fully saturated rings. The van der Waals surface area contributed by atoms with Crippen molar-refractivity contribution in [2.24, 2.45) is 0 Å². The molecule has 2 aromatic carbocycles. The number of ether oxygens (including phenoxy) is 1. The van der Waals surface area contributed by atoms with Gasteiger partial charge in [-0.05, 0) is 60.0 Å².